The third-order valence-electron chi connectivity index (χ3n) is 5.59. The van der Waals surface area contributed by atoms with Crippen LogP contribution >= 0.6 is 0 Å². The maximum atomic E-state index is 13.0. The quantitative estimate of drug-likeness (QED) is 0.829. The fraction of sp³-hybridized carbons (Fsp3) is 0.417. The fourth-order valence-electron chi connectivity index (χ4n) is 4.04. The Morgan fingerprint density at radius 2 is 1.72 bits per heavy atom. The largest absolute Gasteiger partial charge is 0.376 e. The number of para-hydroxylation sites is 1. The summed E-state index contributed by atoms with van der Waals surface area (Å²) >= 11 is 0. The Morgan fingerprint density at radius 1 is 1.07 bits per heavy atom. The molecule has 0 aromatic heterocycles. The second kappa shape index (κ2) is 9.12. The molecule has 3 rings (SSSR count). The second-order valence-corrected chi connectivity index (χ2v) is 8.33. The van der Waals surface area contributed by atoms with Crippen LogP contribution in [-0.2, 0) is 4.79 Å². The number of carbonyl (C=O) groups is 2. The van der Waals surface area contributed by atoms with Gasteiger partial charge in [-0.2, -0.15) is 0 Å². The lowest BCUT2D eigenvalue weighted by molar-refractivity contribution is -0.116. The van der Waals surface area contributed by atoms with Crippen LogP contribution in [0.5, 0.6) is 0 Å². The lowest BCUT2D eigenvalue weighted by Gasteiger charge is -2.35. The van der Waals surface area contributed by atoms with Crippen molar-refractivity contribution in [2.45, 2.75) is 27.2 Å². The topological polar surface area (TPSA) is 52.7 Å². The SMILES string of the molecule is Cc1ccc(C(=O)N2CC(C)CC(C)C2)cc1NCC(=O)N(C)c1ccccc1. The lowest BCUT2D eigenvalue weighted by Crippen LogP contribution is -2.42. The lowest BCUT2D eigenvalue weighted by atomic mass is 9.91. The van der Waals surface area contributed by atoms with Gasteiger partial charge in [-0.05, 0) is 55.0 Å². The van der Waals surface area contributed by atoms with Gasteiger partial charge in [0.2, 0.25) is 5.91 Å². The average Bonchev–Trinajstić information content (AvgIpc) is 2.71. The molecule has 29 heavy (non-hydrogen) atoms. The molecule has 2 atom stereocenters. The number of hydrogen-bond acceptors (Lipinski definition) is 3. The van der Waals surface area contributed by atoms with Crippen LogP contribution < -0.4 is 10.2 Å². The normalized spacial score (nSPS) is 19.0. The Hall–Kier alpha value is -2.82. The zero-order valence-corrected chi connectivity index (χ0v) is 17.8. The predicted octanol–water partition coefficient (Wildman–Crippen LogP) is 4.19. The predicted molar refractivity (Wildman–Crippen MR) is 118 cm³/mol. The van der Waals surface area contributed by atoms with Crippen LogP contribution in [0, 0.1) is 18.8 Å². The molecule has 0 aliphatic carbocycles. The van der Waals surface area contributed by atoms with Crippen LogP contribution in [0.3, 0.4) is 0 Å². The van der Waals surface area contributed by atoms with E-state index in [-0.39, 0.29) is 18.4 Å². The first-order valence-corrected chi connectivity index (χ1v) is 10.3. The number of piperidine rings is 1. The highest BCUT2D eigenvalue weighted by Gasteiger charge is 2.26. The maximum Gasteiger partial charge on any atom is 0.253 e. The monoisotopic (exact) mass is 393 g/mol. The van der Waals surface area contributed by atoms with E-state index in [4.69, 9.17) is 0 Å². The van der Waals surface area contributed by atoms with Crippen molar-refractivity contribution in [1.82, 2.24) is 4.90 Å². The Balaban J connectivity index is 1.67. The van der Waals surface area contributed by atoms with Gasteiger partial charge in [-0.25, -0.2) is 0 Å². The van der Waals surface area contributed by atoms with Gasteiger partial charge in [0.1, 0.15) is 0 Å². The standard InChI is InChI=1S/C24H31N3O2/c1-17-12-18(2)16-27(15-17)24(29)20-11-10-19(3)22(13-20)25-14-23(28)26(4)21-8-6-5-7-9-21/h5-11,13,17-18,25H,12,14-16H2,1-4H3. The zero-order chi connectivity index (χ0) is 21.0. The first-order chi connectivity index (χ1) is 13.8. The molecular formula is C24H31N3O2. The van der Waals surface area contributed by atoms with Gasteiger partial charge in [-0.15, -0.1) is 0 Å². The van der Waals surface area contributed by atoms with Gasteiger partial charge in [-0.1, -0.05) is 38.1 Å². The van der Waals surface area contributed by atoms with Gasteiger partial charge < -0.3 is 15.1 Å². The third-order valence-corrected chi connectivity index (χ3v) is 5.59. The summed E-state index contributed by atoms with van der Waals surface area (Å²) in [6.45, 7) is 8.16. The minimum absolute atomic E-state index is 0.0361. The van der Waals surface area contributed by atoms with Crippen LogP contribution in [0.25, 0.3) is 0 Å². The molecule has 5 nitrogen and oxygen atoms in total. The summed E-state index contributed by atoms with van der Waals surface area (Å²) in [5.41, 5.74) is 3.36. The number of nitrogens with zero attached hydrogens (tertiary/aromatic N) is 2. The van der Waals surface area contributed by atoms with Crippen LogP contribution in [0.15, 0.2) is 48.5 Å². The molecule has 1 N–H and O–H groups in total. The van der Waals surface area contributed by atoms with E-state index in [9.17, 15) is 9.59 Å². The van der Waals surface area contributed by atoms with Crippen molar-refractivity contribution in [1.29, 1.82) is 0 Å². The summed E-state index contributed by atoms with van der Waals surface area (Å²) < 4.78 is 0. The Bertz CT molecular complexity index is 856. The van der Waals surface area contributed by atoms with E-state index in [1.165, 1.54) is 6.42 Å². The number of hydrogen-bond donors (Lipinski definition) is 1. The molecule has 0 spiro atoms. The molecule has 2 aromatic carbocycles. The maximum absolute atomic E-state index is 13.0. The number of carbonyl (C=O) groups excluding carboxylic acids is 2. The van der Waals surface area contributed by atoms with E-state index in [0.717, 1.165) is 30.0 Å². The Labute approximate surface area is 173 Å². The Morgan fingerprint density at radius 3 is 2.38 bits per heavy atom. The number of aryl methyl sites for hydroxylation is 1. The number of anilines is 2. The van der Waals surface area contributed by atoms with Crippen LogP contribution in [-0.4, -0.2) is 43.4 Å². The summed E-state index contributed by atoms with van der Waals surface area (Å²) in [5, 5.41) is 3.22. The molecule has 1 saturated heterocycles. The van der Waals surface area contributed by atoms with Gasteiger partial charge in [-0.3, -0.25) is 9.59 Å². The first-order valence-electron chi connectivity index (χ1n) is 10.3. The molecule has 154 valence electrons. The zero-order valence-electron chi connectivity index (χ0n) is 17.8. The van der Waals surface area contributed by atoms with Crippen molar-refractivity contribution in [3.63, 3.8) is 0 Å². The van der Waals surface area contributed by atoms with Crippen LogP contribution in [0.2, 0.25) is 0 Å². The van der Waals surface area contributed by atoms with Gasteiger partial charge in [0.05, 0.1) is 6.54 Å². The average molecular weight is 394 g/mol. The molecule has 1 aliphatic heterocycles. The summed E-state index contributed by atoms with van der Waals surface area (Å²) in [5.74, 6) is 1.08. The molecule has 2 amide bonds. The van der Waals surface area contributed by atoms with Crippen molar-refractivity contribution in [3.8, 4) is 0 Å². The number of likely N-dealkylation sites (N-methyl/N-ethyl adjacent to an activating group) is 1. The summed E-state index contributed by atoms with van der Waals surface area (Å²) in [7, 11) is 1.77. The highest BCUT2D eigenvalue weighted by molar-refractivity contribution is 5.97. The fourth-order valence-corrected chi connectivity index (χ4v) is 4.04. The van der Waals surface area contributed by atoms with E-state index in [2.05, 4.69) is 19.2 Å². The van der Waals surface area contributed by atoms with E-state index >= 15 is 0 Å². The number of nitrogens with one attached hydrogen (secondary N) is 1. The number of benzene rings is 2. The van der Waals surface area contributed by atoms with Crippen LogP contribution in [0.1, 0.15) is 36.2 Å². The van der Waals surface area contributed by atoms with Crippen molar-refractivity contribution in [2.75, 3.05) is 36.9 Å². The molecule has 0 saturated carbocycles. The minimum atomic E-state index is -0.0361. The molecule has 0 bridgehead atoms. The van der Waals surface area contributed by atoms with Gasteiger partial charge in [0, 0.05) is 37.1 Å². The molecule has 2 aromatic rings. The molecule has 1 heterocycles. The highest BCUT2D eigenvalue weighted by atomic mass is 16.2. The third kappa shape index (κ3) is 5.17. The van der Waals surface area contributed by atoms with Crippen molar-refractivity contribution < 1.29 is 9.59 Å². The second-order valence-electron chi connectivity index (χ2n) is 8.33. The number of likely N-dealkylation sites (tertiary alicyclic amines) is 1. The van der Waals surface area contributed by atoms with Crippen LogP contribution in [0.4, 0.5) is 11.4 Å². The molecular weight excluding hydrogens is 362 g/mol. The molecule has 1 fully saturated rings. The van der Waals surface area contributed by atoms with E-state index in [1.807, 2.05) is 60.4 Å². The Kier molecular flexibility index (Phi) is 6.57. The molecule has 5 heteroatoms. The number of rotatable bonds is 5. The van der Waals surface area contributed by atoms with E-state index in [1.54, 1.807) is 11.9 Å². The van der Waals surface area contributed by atoms with Crippen molar-refractivity contribution in [2.24, 2.45) is 11.8 Å². The minimum Gasteiger partial charge on any atom is -0.376 e. The van der Waals surface area contributed by atoms with E-state index in [0.29, 0.717) is 17.4 Å². The van der Waals surface area contributed by atoms with Crippen molar-refractivity contribution >= 4 is 23.2 Å². The molecule has 1 aliphatic rings. The van der Waals surface area contributed by atoms with Gasteiger partial charge >= 0.3 is 0 Å². The van der Waals surface area contributed by atoms with Gasteiger partial charge in [0.15, 0.2) is 0 Å². The van der Waals surface area contributed by atoms with E-state index < -0.39 is 0 Å². The number of amides is 2. The van der Waals surface area contributed by atoms with Gasteiger partial charge in [0.25, 0.3) is 5.91 Å². The molecule has 2 unspecified atom stereocenters. The smallest absolute Gasteiger partial charge is 0.253 e. The summed E-state index contributed by atoms with van der Waals surface area (Å²) in [6.07, 6.45) is 1.17. The highest BCUT2D eigenvalue weighted by Crippen LogP contribution is 2.24. The summed E-state index contributed by atoms with van der Waals surface area (Å²) in [4.78, 5) is 29.2. The van der Waals surface area contributed by atoms with Crippen molar-refractivity contribution in [3.05, 3.63) is 59.7 Å². The summed E-state index contributed by atoms with van der Waals surface area (Å²) in [6, 6.07) is 15.3. The molecule has 0 radical (unpaired) electrons. The first kappa shape index (κ1) is 20.9.